The predicted molar refractivity (Wildman–Crippen MR) is 140 cm³/mol. The summed E-state index contributed by atoms with van der Waals surface area (Å²) < 4.78 is 10.2. The third-order valence-electron chi connectivity index (χ3n) is 4.91. The molecule has 0 heterocycles. The Morgan fingerprint density at radius 2 is 1.81 bits per heavy atom. The summed E-state index contributed by atoms with van der Waals surface area (Å²) in [5, 5.41) is 5.34. The lowest BCUT2D eigenvalue weighted by molar-refractivity contribution is -0.143. The predicted octanol–water partition coefficient (Wildman–Crippen LogP) is 2.88. The first-order valence-corrected chi connectivity index (χ1v) is 13.1. The Labute approximate surface area is 218 Å². The zero-order valence-electron chi connectivity index (χ0n) is 21.9. The number of carbonyl (C=O) groups is 4. The van der Waals surface area contributed by atoms with Crippen molar-refractivity contribution in [3.8, 4) is 12.3 Å². The van der Waals surface area contributed by atoms with Gasteiger partial charge < -0.3 is 25.0 Å². The molecule has 0 aliphatic rings. The van der Waals surface area contributed by atoms with Crippen LogP contribution < -0.4 is 10.6 Å². The number of rotatable bonds is 12. The Bertz CT molecular complexity index is 936. The van der Waals surface area contributed by atoms with Gasteiger partial charge in [-0.3, -0.25) is 14.4 Å². The van der Waals surface area contributed by atoms with E-state index in [1.54, 1.807) is 52.0 Å². The van der Waals surface area contributed by atoms with Crippen LogP contribution in [0.25, 0.3) is 0 Å². The Morgan fingerprint density at radius 1 is 1.17 bits per heavy atom. The van der Waals surface area contributed by atoms with Crippen LogP contribution in [0.4, 0.5) is 4.79 Å². The SMILES string of the molecule is C#Cc1ccc(C(C(=O)NCCC(=O)OCC)N(C)C(=O)C(CCSC)NC(=O)OC(C)(C)C)cc1. The number of hydrogen-bond acceptors (Lipinski definition) is 7. The number of carbonyl (C=O) groups excluding carboxylic acids is 4. The van der Waals surface area contributed by atoms with Crippen molar-refractivity contribution >= 4 is 35.6 Å². The second-order valence-electron chi connectivity index (χ2n) is 8.94. The minimum atomic E-state index is -1.02. The summed E-state index contributed by atoms with van der Waals surface area (Å²) in [5.41, 5.74) is 0.418. The van der Waals surface area contributed by atoms with Gasteiger partial charge in [0.1, 0.15) is 17.7 Å². The van der Waals surface area contributed by atoms with Crippen LogP contribution in [0.1, 0.15) is 57.7 Å². The van der Waals surface area contributed by atoms with E-state index >= 15 is 0 Å². The molecule has 0 bridgehead atoms. The van der Waals surface area contributed by atoms with Gasteiger partial charge >= 0.3 is 12.1 Å². The van der Waals surface area contributed by atoms with E-state index in [4.69, 9.17) is 15.9 Å². The summed E-state index contributed by atoms with van der Waals surface area (Å²) >= 11 is 1.53. The summed E-state index contributed by atoms with van der Waals surface area (Å²) in [6.45, 7) is 7.18. The number of esters is 1. The van der Waals surface area contributed by atoms with Crippen molar-refractivity contribution in [2.75, 3.05) is 32.2 Å². The van der Waals surface area contributed by atoms with Crippen molar-refractivity contribution in [3.63, 3.8) is 0 Å². The first-order chi connectivity index (χ1) is 16.9. The fraction of sp³-hybridized carbons (Fsp3) is 0.538. The van der Waals surface area contributed by atoms with Crippen molar-refractivity contribution in [1.29, 1.82) is 0 Å². The smallest absolute Gasteiger partial charge is 0.408 e. The van der Waals surface area contributed by atoms with Crippen LogP contribution in [0.2, 0.25) is 0 Å². The average molecular weight is 520 g/mol. The van der Waals surface area contributed by atoms with Crippen LogP contribution in [-0.4, -0.2) is 72.6 Å². The largest absolute Gasteiger partial charge is 0.466 e. The highest BCUT2D eigenvalue weighted by Crippen LogP contribution is 2.22. The Morgan fingerprint density at radius 3 is 2.33 bits per heavy atom. The van der Waals surface area contributed by atoms with E-state index in [2.05, 4.69) is 16.6 Å². The fourth-order valence-corrected chi connectivity index (χ4v) is 3.72. The van der Waals surface area contributed by atoms with Crippen molar-refractivity contribution in [2.24, 2.45) is 0 Å². The second-order valence-corrected chi connectivity index (χ2v) is 9.93. The topological polar surface area (TPSA) is 114 Å². The van der Waals surface area contributed by atoms with Crippen LogP contribution >= 0.6 is 11.8 Å². The number of nitrogens with zero attached hydrogens (tertiary/aromatic N) is 1. The van der Waals surface area contributed by atoms with Crippen LogP contribution in [0.15, 0.2) is 24.3 Å². The number of nitrogens with one attached hydrogen (secondary N) is 2. The van der Waals surface area contributed by atoms with Gasteiger partial charge in [0.25, 0.3) is 0 Å². The number of alkyl carbamates (subject to hydrolysis) is 1. The van der Waals surface area contributed by atoms with E-state index in [1.165, 1.54) is 23.7 Å². The lowest BCUT2D eigenvalue weighted by Crippen LogP contribution is -2.52. The van der Waals surface area contributed by atoms with Crippen molar-refractivity contribution in [1.82, 2.24) is 15.5 Å². The van der Waals surface area contributed by atoms with Gasteiger partial charge in [0.2, 0.25) is 11.8 Å². The van der Waals surface area contributed by atoms with E-state index in [9.17, 15) is 19.2 Å². The summed E-state index contributed by atoms with van der Waals surface area (Å²) in [6.07, 6.45) is 6.96. The van der Waals surface area contributed by atoms with Gasteiger partial charge in [-0.15, -0.1) is 6.42 Å². The second kappa shape index (κ2) is 15.0. The third-order valence-corrected chi connectivity index (χ3v) is 5.55. The Hall–Kier alpha value is -3.19. The van der Waals surface area contributed by atoms with Crippen molar-refractivity contribution < 1.29 is 28.7 Å². The minimum Gasteiger partial charge on any atom is -0.466 e. The zero-order chi connectivity index (χ0) is 27.3. The minimum absolute atomic E-state index is 0.00343. The molecule has 2 atom stereocenters. The van der Waals surface area contributed by atoms with Gasteiger partial charge in [-0.25, -0.2) is 4.79 Å². The molecular formula is C26H37N3O6S. The maximum absolute atomic E-state index is 13.5. The maximum atomic E-state index is 13.5. The van der Waals surface area contributed by atoms with Crippen LogP contribution in [-0.2, 0) is 23.9 Å². The standard InChI is InChI=1S/C26H37N3O6S/c1-8-18-10-12-19(13-11-18)22(23(31)27-16-14-21(30)34-9-2)29(6)24(32)20(15-17-36-7)28-25(33)35-26(3,4)5/h1,10-13,20,22H,9,14-17H2,2-7H3,(H,27,31)(H,28,33). The highest BCUT2D eigenvalue weighted by Gasteiger charge is 2.34. The molecule has 0 aliphatic heterocycles. The molecule has 0 aliphatic carbocycles. The van der Waals surface area contributed by atoms with Gasteiger partial charge in [-0.1, -0.05) is 18.1 Å². The molecule has 1 aromatic carbocycles. The molecular weight excluding hydrogens is 482 g/mol. The van der Waals surface area contributed by atoms with E-state index in [1.807, 2.05) is 6.26 Å². The van der Waals surface area contributed by atoms with Crippen LogP contribution in [0.3, 0.4) is 0 Å². The summed E-state index contributed by atoms with van der Waals surface area (Å²) in [4.78, 5) is 52.1. The molecule has 0 fully saturated rings. The molecule has 0 radical (unpaired) electrons. The number of thioether (sulfide) groups is 1. The van der Waals surface area contributed by atoms with E-state index in [0.29, 0.717) is 23.3 Å². The number of hydrogen-bond donors (Lipinski definition) is 2. The van der Waals surface area contributed by atoms with Crippen molar-refractivity contribution in [3.05, 3.63) is 35.4 Å². The molecule has 1 aromatic rings. The highest BCUT2D eigenvalue weighted by atomic mass is 32.2. The average Bonchev–Trinajstić information content (AvgIpc) is 2.80. The molecule has 2 N–H and O–H groups in total. The summed E-state index contributed by atoms with van der Waals surface area (Å²) in [7, 11) is 1.50. The molecule has 0 saturated carbocycles. The molecule has 198 valence electrons. The third kappa shape index (κ3) is 10.6. The fourth-order valence-electron chi connectivity index (χ4n) is 3.25. The number of ether oxygens (including phenoxy) is 2. The normalized spacial score (nSPS) is 12.5. The summed E-state index contributed by atoms with van der Waals surface area (Å²) in [6, 6.07) is 4.77. The Kier molecular flexibility index (Phi) is 12.9. The molecule has 1 rings (SSSR count). The number of likely N-dealkylation sites (N-methyl/N-ethyl adjacent to an activating group) is 1. The quantitative estimate of drug-likeness (QED) is 0.322. The van der Waals surface area contributed by atoms with E-state index in [-0.39, 0.29) is 19.6 Å². The van der Waals surface area contributed by atoms with Crippen LogP contribution in [0, 0.1) is 12.3 Å². The molecule has 0 aromatic heterocycles. The molecule has 10 heteroatoms. The zero-order valence-corrected chi connectivity index (χ0v) is 22.7. The van der Waals surface area contributed by atoms with Crippen molar-refractivity contribution in [2.45, 2.75) is 58.2 Å². The van der Waals surface area contributed by atoms with Gasteiger partial charge in [0.05, 0.1) is 13.0 Å². The Balaban J connectivity index is 3.17. The van der Waals surface area contributed by atoms with Gasteiger partial charge in [-0.05, 0) is 63.8 Å². The molecule has 0 saturated heterocycles. The molecule has 9 nitrogen and oxygen atoms in total. The first kappa shape index (κ1) is 30.8. The number of benzene rings is 1. The molecule has 2 unspecified atom stereocenters. The molecule has 3 amide bonds. The molecule has 0 spiro atoms. The lowest BCUT2D eigenvalue weighted by Gasteiger charge is -2.31. The van der Waals surface area contributed by atoms with Crippen LogP contribution in [0.5, 0.6) is 0 Å². The summed E-state index contributed by atoms with van der Waals surface area (Å²) in [5.74, 6) is 1.75. The highest BCUT2D eigenvalue weighted by molar-refractivity contribution is 7.98. The van der Waals surface area contributed by atoms with Gasteiger partial charge in [0.15, 0.2) is 0 Å². The van der Waals surface area contributed by atoms with E-state index in [0.717, 1.165) is 0 Å². The maximum Gasteiger partial charge on any atom is 0.408 e. The first-order valence-electron chi connectivity index (χ1n) is 11.7. The lowest BCUT2D eigenvalue weighted by atomic mass is 10.0. The number of amides is 3. The monoisotopic (exact) mass is 519 g/mol. The van der Waals surface area contributed by atoms with Gasteiger partial charge in [-0.2, -0.15) is 11.8 Å². The van der Waals surface area contributed by atoms with Gasteiger partial charge in [0, 0.05) is 19.2 Å². The van der Waals surface area contributed by atoms with E-state index < -0.39 is 41.6 Å². The molecule has 36 heavy (non-hydrogen) atoms. The number of terminal acetylenes is 1.